The summed E-state index contributed by atoms with van der Waals surface area (Å²) in [6.45, 7) is -0.592. The summed E-state index contributed by atoms with van der Waals surface area (Å²) in [6, 6.07) is 27.7. The molecule has 0 saturated carbocycles. The normalized spacial score (nSPS) is 11.7. The van der Waals surface area contributed by atoms with Crippen LogP contribution in [-0.4, -0.2) is 59.0 Å². The van der Waals surface area contributed by atoms with Crippen LogP contribution in [0.4, 0.5) is 5.69 Å². The third-order valence-corrected chi connectivity index (χ3v) is 9.05. The van der Waals surface area contributed by atoms with Crippen LogP contribution in [0.25, 0.3) is 0 Å². The number of likely N-dealkylation sites (N-methyl/N-ethyl adjacent to an activating group) is 1. The summed E-state index contributed by atoms with van der Waals surface area (Å²) in [4.78, 5) is 29.1. The number of anilines is 1. The van der Waals surface area contributed by atoms with Crippen molar-refractivity contribution in [3.63, 3.8) is 0 Å². The molecule has 0 bridgehead atoms. The smallest absolute Gasteiger partial charge is 0.264 e. The lowest BCUT2D eigenvalue weighted by atomic mass is 10.0. The Bertz CT molecular complexity index is 1690. The summed E-state index contributed by atoms with van der Waals surface area (Å²) < 4.78 is 40.0. The van der Waals surface area contributed by atoms with Crippen LogP contribution < -0.4 is 19.1 Å². The first-order valence-corrected chi connectivity index (χ1v) is 15.6. The van der Waals surface area contributed by atoms with Gasteiger partial charge in [0.15, 0.2) is 11.5 Å². The number of rotatable bonds is 13. The number of hydrogen-bond acceptors (Lipinski definition) is 6. The van der Waals surface area contributed by atoms with Crippen molar-refractivity contribution in [2.45, 2.75) is 23.9 Å². The lowest BCUT2D eigenvalue weighted by molar-refractivity contribution is -0.139. The van der Waals surface area contributed by atoms with Crippen molar-refractivity contribution < 1.29 is 27.5 Å². The number of halogens is 1. The summed E-state index contributed by atoms with van der Waals surface area (Å²) in [6.07, 6.45) is 0.203. The fraction of sp³-hybridized carbons (Fsp3) is 0.212. The second-order valence-corrected chi connectivity index (χ2v) is 12.1. The van der Waals surface area contributed by atoms with Crippen molar-refractivity contribution in [3.8, 4) is 11.5 Å². The molecule has 2 amide bonds. The second-order valence-electron chi connectivity index (χ2n) is 9.84. The molecule has 9 nitrogen and oxygen atoms in total. The van der Waals surface area contributed by atoms with Gasteiger partial charge >= 0.3 is 0 Å². The molecule has 230 valence electrons. The van der Waals surface area contributed by atoms with Gasteiger partial charge in [-0.3, -0.25) is 13.9 Å². The average molecular weight is 636 g/mol. The molecule has 1 N–H and O–H groups in total. The number of benzene rings is 4. The minimum Gasteiger partial charge on any atom is -0.493 e. The molecule has 0 aromatic heterocycles. The Hall–Kier alpha value is -4.54. The minimum atomic E-state index is -4.25. The van der Waals surface area contributed by atoms with Crippen molar-refractivity contribution >= 4 is 39.1 Å². The quantitative estimate of drug-likeness (QED) is 0.223. The number of ether oxygens (including phenoxy) is 2. The Kier molecular flexibility index (Phi) is 10.9. The lowest BCUT2D eigenvalue weighted by Gasteiger charge is -2.33. The van der Waals surface area contributed by atoms with Gasteiger partial charge in [-0.15, -0.1) is 0 Å². The minimum absolute atomic E-state index is 0.00360. The number of nitrogens with one attached hydrogen (secondary N) is 1. The fourth-order valence-corrected chi connectivity index (χ4v) is 6.42. The number of carbonyl (C=O) groups is 2. The van der Waals surface area contributed by atoms with Crippen molar-refractivity contribution in [3.05, 3.63) is 119 Å². The number of methoxy groups -OCH3 is 2. The van der Waals surface area contributed by atoms with Gasteiger partial charge in [0.25, 0.3) is 10.0 Å². The predicted molar refractivity (Wildman–Crippen MR) is 171 cm³/mol. The molecule has 4 aromatic carbocycles. The van der Waals surface area contributed by atoms with Crippen LogP contribution in [0, 0.1) is 0 Å². The van der Waals surface area contributed by atoms with Crippen molar-refractivity contribution in [2.75, 3.05) is 32.1 Å². The Labute approximate surface area is 263 Å². The standard InChI is InChI=1S/C33H34ClN3O6S/c1-35-33(39)29(20-24-11-6-4-7-12-24)36(22-25-13-10-14-26(34)19-25)32(38)23-37(44(40,41)28-15-8-5-9-16-28)27-17-18-30(42-2)31(21-27)43-3/h4-19,21,29H,20,22-23H2,1-3H3,(H,35,39)/t29-/m0/s1. The van der Waals surface area contributed by atoms with E-state index < -0.39 is 34.4 Å². The molecule has 11 heteroatoms. The van der Waals surface area contributed by atoms with Gasteiger partial charge in [0.2, 0.25) is 11.8 Å². The van der Waals surface area contributed by atoms with E-state index in [1.165, 1.54) is 50.4 Å². The molecular formula is C33H34ClN3O6S. The zero-order chi connectivity index (χ0) is 31.7. The van der Waals surface area contributed by atoms with Gasteiger partial charge in [-0.25, -0.2) is 8.42 Å². The van der Waals surface area contributed by atoms with Gasteiger partial charge in [-0.1, -0.05) is 72.3 Å². The second kappa shape index (κ2) is 14.8. The van der Waals surface area contributed by atoms with E-state index >= 15 is 0 Å². The average Bonchev–Trinajstić information content (AvgIpc) is 3.05. The number of carbonyl (C=O) groups excluding carboxylic acids is 2. The molecule has 44 heavy (non-hydrogen) atoms. The number of hydrogen-bond donors (Lipinski definition) is 1. The van der Waals surface area contributed by atoms with Gasteiger partial charge in [-0.05, 0) is 47.5 Å². The van der Waals surface area contributed by atoms with Gasteiger partial charge in [0, 0.05) is 31.1 Å². The Balaban J connectivity index is 1.82. The van der Waals surface area contributed by atoms with E-state index in [9.17, 15) is 18.0 Å². The Morgan fingerprint density at radius 3 is 2.07 bits per heavy atom. The van der Waals surface area contributed by atoms with Gasteiger partial charge in [0.1, 0.15) is 12.6 Å². The van der Waals surface area contributed by atoms with E-state index in [4.69, 9.17) is 21.1 Å². The SMILES string of the molecule is CNC(=O)[C@H](Cc1ccccc1)N(Cc1cccc(Cl)c1)C(=O)CN(c1ccc(OC)c(OC)c1)S(=O)(=O)c1ccccc1. The Morgan fingerprint density at radius 1 is 0.818 bits per heavy atom. The zero-order valence-electron chi connectivity index (χ0n) is 24.6. The van der Waals surface area contributed by atoms with Crippen LogP contribution in [0.2, 0.25) is 5.02 Å². The monoisotopic (exact) mass is 635 g/mol. The summed E-state index contributed by atoms with van der Waals surface area (Å²) >= 11 is 6.26. The molecule has 0 fully saturated rings. The van der Waals surface area contributed by atoms with E-state index in [0.29, 0.717) is 16.3 Å². The molecule has 0 radical (unpaired) electrons. The third kappa shape index (κ3) is 7.69. The van der Waals surface area contributed by atoms with E-state index in [-0.39, 0.29) is 29.3 Å². The third-order valence-electron chi connectivity index (χ3n) is 7.02. The maximum Gasteiger partial charge on any atom is 0.264 e. The van der Waals surface area contributed by atoms with Gasteiger partial charge < -0.3 is 19.7 Å². The maximum absolute atomic E-state index is 14.4. The van der Waals surface area contributed by atoms with Crippen LogP contribution in [0.1, 0.15) is 11.1 Å². The molecule has 0 heterocycles. The predicted octanol–water partition coefficient (Wildman–Crippen LogP) is 4.94. The first-order chi connectivity index (χ1) is 21.2. The van der Waals surface area contributed by atoms with E-state index in [1.807, 2.05) is 30.3 Å². The molecule has 4 aromatic rings. The van der Waals surface area contributed by atoms with E-state index in [1.54, 1.807) is 48.5 Å². The van der Waals surface area contributed by atoms with Crippen LogP contribution in [-0.2, 0) is 32.6 Å². The van der Waals surface area contributed by atoms with Crippen LogP contribution in [0.15, 0.2) is 108 Å². The molecule has 0 spiro atoms. The highest BCUT2D eigenvalue weighted by molar-refractivity contribution is 7.92. The summed E-state index contributed by atoms with van der Waals surface area (Å²) in [5, 5.41) is 3.13. The van der Waals surface area contributed by atoms with Crippen LogP contribution >= 0.6 is 11.6 Å². The van der Waals surface area contributed by atoms with E-state index in [0.717, 1.165) is 9.87 Å². The molecule has 0 aliphatic carbocycles. The number of sulfonamides is 1. The largest absolute Gasteiger partial charge is 0.493 e. The zero-order valence-corrected chi connectivity index (χ0v) is 26.2. The fourth-order valence-electron chi connectivity index (χ4n) is 4.78. The highest BCUT2D eigenvalue weighted by atomic mass is 35.5. The van der Waals surface area contributed by atoms with Crippen molar-refractivity contribution in [1.29, 1.82) is 0 Å². The van der Waals surface area contributed by atoms with Crippen molar-refractivity contribution in [2.24, 2.45) is 0 Å². The van der Waals surface area contributed by atoms with Crippen molar-refractivity contribution in [1.82, 2.24) is 10.2 Å². The maximum atomic E-state index is 14.4. The Morgan fingerprint density at radius 2 is 1.45 bits per heavy atom. The topological polar surface area (TPSA) is 105 Å². The lowest BCUT2D eigenvalue weighted by Crippen LogP contribution is -2.53. The van der Waals surface area contributed by atoms with Crippen LogP contribution in [0.3, 0.4) is 0 Å². The molecular weight excluding hydrogens is 602 g/mol. The van der Waals surface area contributed by atoms with Gasteiger partial charge in [-0.2, -0.15) is 0 Å². The highest BCUT2D eigenvalue weighted by Gasteiger charge is 2.34. The van der Waals surface area contributed by atoms with Crippen LogP contribution in [0.5, 0.6) is 11.5 Å². The molecule has 0 unspecified atom stereocenters. The van der Waals surface area contributed by atoms with Gasteiger partial charge in [0.05, 0.1) is 24.8 Å². The van der Waals surface area contributed by atoms with E-state index in [2.05, 4.69) is 5.32 Å². The summed E-state index contributed by atoms with van der Waals surface area (Å²) in [7, 11) is 0.157. The number of amides is 2. The molecule has 0 saturated heterocycles. The summed E-state index contributed by atoms with van der Waals surface area (Å²) in [5.41, 5.74) is 1.69. The first kappa shape index (κ1) is 32.4. The molecule has 4 rings (SSSR count). The first-order valence-electron chi connectivity index (χ1n) is 13.8. The molecule has 0 aliphatic rings. The molecule has 1 atom stereocenters. The summed E-state index contributed by atoms with van der Waals surface area (Å²) in [5.74, 6) is -0.310. The number of nitrogens with zero attached hydrogens (tertiary/aromatic N) is 2. The molecule has 0 aliphatic heterocycles. The highest BCUT2D eigenvalue weighted by Crippen LogP contribution is 2.34.